The Hall–Kier alpha value is -0.930. The number of pyridine rings is 1. The van der Waals surface area contributed by atoms with Gasteiger partial charge in [-0.3, -0.25) is 4.98 Å². The van der Waals surface area contributed by atoms with Crippen LogP contribution in [0, 0.1) is 0 Å². The predicted molar refractivity (Wildman–Crippen MR) is 68.4 cm³/mol. The molecule has 0 saturated heterocycles. The molecule has 0 bridgehead atoms. The Bertz CT molecular complexity index is 317. The molecule has 3 heteroatoms. The fourth-order valence-electron chi connectivity index (χ4n) is 1.40. The molecule has 1 heterocycles. The van der Waals surface area contributed by atoms with E-state index in [1.165, 1.54) is 5.56 Å². The smallest absolute Gasteiger partial charge is 0.0305 e. The molecule has 0 radical (unpaired) electrons. The van der Waals surface area contributed by atoms with Crippen LogP contribution in [-0.2, 0) is 5.41 Å². The third kappa shape index (κ3) is 3.58. The molecule has 0 atom stereocenters. The highest BCUT2D eigenvalue weighted by molar-refractivity contribution is 5.20. The molecule has 1 rings (SSSR count). The quantitative estimate of drug-likeness (QED) is 0.795. The van der Waals surface area contributed by atoms with Crippen LogP contribution in [0.25, 0.3) is 0 Å². The highest BCUT2D eigenvalue weighted by Crippen LogP contribution is 2.21. The van der Waals surface area contributed by atoms with Crippen LogP contribution in [0.3, 0.4) is 0 Å². The minimum atomic E-state index is -0.0144. The molecule has 1 aromatic heterocycles. The maximum absolute atomic E-state index is 5.70. The van der Waals surface area contributed by atoms with Crippen LogP contribution >= 0.6 is 0 Å². The van der Waals surface area contributed by atoms with Crippen molar-refractivity contribution in [3.8, 4) is 0 Å². The molecule has 0 saturated carbocycles. The molecule has 0 aliphatic heterocycles. The summed E-state index contributed by atoms with van der Waals surface area (Å²) in [6, 6.07) is 4.09. The van der Waals surface area contributed by atoms with Crippen LogP contribution in [0.15, 0.2) is 24.5 Å². The Morgan fingerprint density at radius 1 is 1.31 bits per heavy atom. The second-order valence-electron chi connectivity index (χ2n) is 5.57. The summed E-state index contributed by atoms with van der Waals surface area (Å²) in [5.74, 6) is 0. The van der Waals surface area contributed by atoms with E-state index in [9.17, 15) is 0 Å². The van der Waals surface area contributed by atoms with Gasteiger partial charge in [0.1, 0.15) is 0 Å². The van der Waals surface area contributed by atoms with Crippen LogP contribution in [0.5, 0.6) is 0 Å². The lowest BCUT2D eigenvalue weighted by Crippen LogP contribution is -2.50. The molecule has 90 valence electrons. The fraction of sp³-hybridized carbons (Fsp3) is 0.615. The number of hydrogen-bond acceptors (Lipinski definition) is 3. The fourth-order valence-corrected chi connectivity index (χ4v) is 1.40. The Balaban J connectivity index is 2.66. The summed E-state index contributed by atoms with van der Waals surface area (Å²) in [7, 11) is 0. The highest BCUT2D eigenvalue weighted by atomic mass is 15.0. The number of hydrogen-bond donors (Lipinski definition) is 2. The third-order valence-electron chi connectivity index (χ3n) is 2.96. The second-order valence-corrected chi connectivity index (χ2v) is 5.57. The van der Waals surface area contributed by atoms with Crippen LogP contribution in [0.4, 0.5) is 0 Å². The van der Waals surface area contributed by atoms with Gasteiger partial charge in [-0.15, -0.1) is 0 Å². The summed E-state index contributed by atoms with van der Waals surface area (Å²) in [5, 5.41) is 3.49. The zero-order valence-corrected chi connectivity index (χ0v) is 10.7. The Labute approximate surface area is 98.5 Å². The first-order chi connectivity index (χ1) is 7.37. The second kappa shape index (κ2) is 4.93. The largest absolute Gasteiger partial charge is 0.329 e. The zero-order chi connectivity index (χ0) is 12.2. The third-order valence-corrected chi connectivity index (χ3v) is 2.96. The Morgan fingerprint density at radius 2 is 2.00 bits per heavy atom. The maximum atomic E-state index is 5.70. The number of nitrogens with two attached hydrogens (primary N) is 1. The van der Waals surface area contributed by atoms with Gasteiger partial charge in [0.05, 0.1) is 0 Å². The minimum Gasteiger partial charge on any atom is -0.329 e. The monoisotopic (exact) mass is 221 g/mol. The van der Waals surface area contributed by atoms with Crippen molar-refractivity contribution in [1.82, 2.24) is 10.3 Å². The first kappa shape index (κ1) is 13.1. The lowest BCUT2D eigenvalue weighted by Gasteiger charge is -2.32. The maximum Gasteiger partial charge on any atom is 0.0305 e. The Morgan fingerprint density at radius 3 is 2.50 bits per heavy atom. The van der Waals surface area contributed by atoms with Crippen molar-refractivity contribution >= 4 is 0 Å². The molecule has 0 aromatic carbocycles. The first-order valence-electron chi connectivity index (χ1n) is 5.73. The van der Waals surface area contributed by atoms with E-state index in [0.717, 1.165) is 6.54 Å². The topological polar surface area (TPSA) is 50.9 Å². The van der Waals surface area contributed by atoms with E-state index in [1.54, 1.807) is 6.20 Å². The zero-order valence-electron chi connectivity index (χ0n) is 10.7. The Kier molecular flexibility index (Phi) is 4.05. The molecule has 0 spiro atoms. The lowest BCUT2D eigenvalue weighted by atomic mass is 9.85. The van der Waals surface area contributed by atoms with Gasteiger partial charge in [0.25, 0.3) is 0 Å². The summed E-state index contributed by atoms with van der Waals surface area (Å²) in [4.78, 5) is 4.16. The number of nitrogens with zero attached hydrogens (tertiary/aromatic N) is 1. The summed E-state index contributed by atoms with van der Waals surface area (Å²) >= 11 is 0. The molecule has 0 aliphatic rings. The molecule has 1 aromatic rings. The van der Waals surface area contributed by atoms with E-state index < -0.39 is 0 Å². The minimum absolute atomic E-state index is 0.0144. The number of rotatable bonds is 5. The average molecular weight is 221 g/mol. The van der Waals surface area contributed by atoms with Crippen molar-refractivity contribution in [3.63, 3.8) is 0 Å². The summed E-state index contributed by atoms with van der Waals surface area (Å²) in [6.45, 7) is 10.2. The van der Waals surface area contributed by atoms with Crippen molar-refractivity contribution in [2.75, 3.05) is 13.1 Å². The molecule has 0 unspecified atom stereocenters. The summed E-state index contributed by atoms with van der Waals surface area (Å²) < 4.78 is 0. The molecular formula is C13H23N3. The van der Waals surface area contributed by atoms with Gasteiger partial charge in [-0.2, -0.15) is 0 Å². The van der Waals surface area contributed by atoms with E-state index in [-0.39, 0.29) is 11.0 Å². The molecule has 16 heavy (non-hydrogen) atoms. The van der Waals surface area contributed by atoms with Crippen LogP contribution in [0.1, 0.15) is 33.3 Å². The van der Waals surface area contributed by atoms with Crippen molar-refractivity contribution in [2.24, 2.45) is 5.73 Å². The van der Waals surface area contributed by atoms with Gasteiger partial charge in [-0.1, -0.05) is 19.9 Å². The van der Waals surface area contributed by atoms with Gasteiger partial charge in [0.15, 0.2) is 0 Å². The van der Waals surface area contributed by atoms with E-state index in [1.807, 2.05) is 12.3 Å². The molecule has 3 nitrogen and oxygen atoms in total. The molecule has 0 fully saturated rings. The van der Waals surface area contributed by atoms with Crippen molar-refractivity contribution in [1.29, 1.82) is 0 Å². The van der Waals surface area contributed by atoms with E-state index in [0.29, 0.717) is 6.54 Å². The van der Waals surface area contributed by atoms with Gasteiger partial charge in [0, 0.05) is 36.4 Å². The lowest BCUT2D eigenvalue weighted by molar-refractivity contribution is 0.346. The standard InChI is InChI=1S/C13H23N3/c1-12(2,10-16-13(3,4)9-14)11-6-5-7-15-8-11/h5-8,16H,9-10,14H2,1-4H3. The van der Waals surface area contributed by atoms with Crippen LogP contribution in [0.2, 0.25) is 0 Å². The van der Waals surface area contributed by atoms with E-state index >= 15 is 0 Å². The molecular weight excluding hydrogens is 198 g/mol. The summed E-state index contributed by atoms with van der Waals surface area (Å²) in [5.41, 5.74) is 7.00. The SMILES string of the molecule is CC(C)(CN)NCC(C)(C)c1cccnc1. The van der Waals surface area contributed by atoms with Crippen LogP contribution < -0.4 is 11.1 Å². The first-order valence-corrected chi connectivity index (χ1v) is 5.73. The van der Waals surface area contributed by atoms with Crippen molar-refractivity contribution in [3.05, 3.63) is 30.1 Å². The van der Waals surface area contributed by atoms with E-state index in [2.05, 4.69) is 44.1 Å². The molecule has 0 aliphatic carbocycles. The van der Waals surface area contributed by atoms with Gasteiger partial charge in [0.2, 0.25) is 0 Å². The van der Waals surface area contributed by atoms with Gasteiger partial charge in [-0.25, -0.2) is 0 Å². The van der Waals surface area contributed by atoms with Crippen LogP contribution in [-0.4, -0.2) is 23.6 Å². The molecule has 0 amide bonds. The predicted octanol–water partition coefficient (Wildman–Crippen LogP) is 1.69. The van der Waals surface area contributed by atoms with Gasteiger partial charge < -0.3 is 11.1 Å². The van der Waals surface area contributed by atoms with E-state index in [4.69, 9.17) is 5.73 Å². The summed E-state index contributed by atoms with van der Waals surface area (Å²) in [6.07, 6.45) is 3.73. The normalized spacial score (nSPS) is 12.8. The highest BCUT2D eigenvalue weighted by Gasteiger charge is 2.24. The molecule has 3 N–H and O–H groups in total. The number of aromatic nitrogens is 1. The van der Waals surface area contributed by atoms with Gasteiger partial charge in [-0.05, 0) is 25.5 Å². The van der Waals surface area contributed by atoms with Crippen molar-refractivity contribution < 1.29 is 0 Å². The average Bonchev–Trinajstić information content (AvgIpc) is 2.28. The van der Waals surface area contributed by atoms with Gasteiger partial charge >= 0.3 is 0 Å². The number of nitrogens with one attached hydrogen (secondary N) is 1. The van der Waals surface area contributed by atoms with Crippen molar-refractivity contribution in [2.45, 2.75) is 38.6 Å².